The van der Waals surface area contributed by atoms with Gasteiger partial charge in [0, 0.05) is 6.07 Å². The molecule has 0 spiro atoms. The van der Waals surface area contributed by atoms with Crippen LogP contribution in [0.2, 0.25) is 0 Å². The van der Waals surface area contributed by atoms with Crippen molar-refractivity contribution in [2.45, 2.75) is 13.1 Å². The van der Waals surface area contributed by atoms with Crippen LogP contribution in [0.1, 0.15) is 21.6 Å². The summed E-state index contributed by atoms with van der Waals surface area (Å²) in [5, 5.41) is 21.2. The average Bonchev–Trinajstić information content (AvgIpc) is 2.82. The molecule has 0 aliphatic carbocycles. The summed E-state index contributed by atoms with van der Waals surface area (Å²) in [5.74, 6) is -1.44. The van der Waals surface area contributed by atoms with Gasteiger partial charge in [-0.3, -0.25) is 4.79 Å². The Kier molecular flexibility index (Phi) is 3.77. The van der Waals surface area contributed by atoms with E-state index in [1.807, 2.05) is 0 Å². The Bertz CT molecular complexity index is 698. The number of phenols is 2. The molecule has 1 aromatic carbocycles. The van der Waals surface area contributed by atoms with Crippen LogP contribution in [0.5, 0.6) is 11.5 Å². The van der Waals surface area contributed by atoms with Crippen LogP contribution in [0.25, 0.3) is 0 Å². The molecule has 0 aliphatic heterocycles. The van der Waals surface area contributed by atoms with E-state index in [9.17, 15) is 28.2 Å². The van der Waals surface area contributed by atoms with Crippen LogP contribution >= 0.6 is 11.5 Å². The Morgan fingerprint density at radius 2 is 1.90 bits per heavy atom. The van der Waals surface area contributed by atoms with Crippen molar-refractivity contribution in [2.24, 2.45) is 0 Å². The first-order chi connectivity index (χ1) is 9.68. The molecular weight excluding hydrogens is 309 g/mol. The van der Waals surface area contributed by atoms with Gasteiger partial charge in [0.25, 0.3) is 5.91 Å². The fourth-order valence-corrected chi connectivity index (χ4v) is 2.17. The highest BCUT2D eigenvalue weighted by atomic mass is 32.1. The smallest absolute Gasteiger partial charge is 0.434 e. The van der Waals surface area contributed by atoms with Crippen molar-refractivity contribution in [2.75, 3.05) is 5.32 Å². The number of alkyl halides is 3. The largest absolute Gasteiger partial charge is 0.508 e. The van der Waals surface area contributed by atoms with E-state index in [1.54, 1.807) is 0 Å². The number of nitrogens with one attached hydrogen (secondary N) is 1. The van der Waals surface area contributed by atoms with Crippen LogP contribution in [-0.2, 0) is 6.18 Å². The lowest BCUT2D eigenvalue weighted by molar-refractivity contribution is -0.140. The van der Waals surface area contributed by atoms with Gasteiger partial charge in [0.15, 0.2) is 5.69 Å². The van der Waals surface area contributed by atoms with Gasteiger partial charge in [-0.25, -0.2) is 0 Å². The van der Waals surface area contributed by atoms with Gasteiger partial charge in [0.05, 0.1) is 5.56 Å². The third kappa shape index (κ3) is 3.24. The molecule has 0 saturated heterocycles. The molecule has 0 atom stereocenters. The zero-order chi connectivity index (χ0) is 15.8. The topological polar surface area (TPSA) is 82.5 Å². The number of amides is 1. The SMILES string of the molecule is Cc1cc(O)c(C(=O)Nc2cc(C(F)(F)F)ns2)cc1O. The summed E-state index contributed by atoms with van der Waals surface area (Å²) in [4.78, 5) is 11.9. The highest BCUT2D eigenvalue weighted by molar-refractivity contribution is 7.10. The lowest BCUT2D eigenvalue weighted by atomic mass is 10.1. The van der Waals surface area contributed by atoms with Gasteiger partial charge in [-0.05, 0) is 36.2 Å². The number of halogens is 3. The molecule has 0 fully saturated rings. The quantitative estimate of drug-likeness (QED) is 0.743. The Morgan fingerprint density at radius 1 is 1.24 bits per heavy atom. The summed E-state index contributed by atoms with van der Waals surface area (Å²) in [7, 11) is 0. The molecule has 9 heteroatoms. The number of nitrogens with zero attached hydrogens (tertiary/aromatic N) is 1. The minimum atomic E-state index is -4.59. The van der Waals surface area contributed by atoms with Gasteiger partial charge >= 0.3 is 6.18 Å². The fraction of sp³-hybridized carbons (Fsp3) is 0.167. The maximum absolute atomic E-state index is 12.4. The van der Waals surface area contributed by atoms with E-state index < -0.39 is 17.8 Å². The molecule has 0 radical (unpaired) electrons. The van der Waals surface area contributed by atoms with Gasteiger partial charge in [-0.1, -0.05) is 0 Å². The summed E-state index contributed by atoms with van der Waals surface area (Å²) in [5.41, 5.74) is -1.000. The Hall–Kier alpha value is -2.29. The molecular formula is C12H9F3N2O3S. The first-order valence-corrected chi connectivity index (χ1v) is 6.33. The number of carbonyl (C=O) groups excluding carboxylic acids is 1. The van der Waals surface area contributed by atoms with Gasteiger partial charge in [0.1, 0.15) is 16.5 Å². The van der Waals surface area contributed by atoms with Crippen LogP contribution in [-0.4, -0.2) is 20.5 Å². The van der Waals surface area contributed by atoms with E-state index in [-0.39, 0.29) is 22.1 Å². The van der Waals surface area contributed by atoms with Crippen molar-refractivity contribution < 1.29 is 28.2 Å². The van der Waals surface area contributed by atoms with Crippen molar-refractivity contribution in [3.8, 4) is 11.5 Å². The Morgan fingerprint density at radius 3 is 2.48 bits per heavy atom. The highest BCUT2D eigenvalue weighted by Crippen LogP contribution is 2.33. The van der Waals surface area contributed by atoms with Crippen molar-refractivity contribution in [1.29, 1.82) is 0 Å². The maximum atomic E-state index is 12.4. The third-order valence-electron chi connectivity index (χ3n) is 2.60. The predicted molar refractivity (Wildman–Crippen MR) is 69.6 cm³/mol. The lowest BCUT2D eigenvalue weighted by Gasteiger charge is -2.07. The molecule has 0 bridgehead atoms. The number of anilines is 1. The molecule has 0 unspecified atom stereocenters. The van der Waals surface area contributed by atoms with Crippen molar-refractivity contribution in [1.82, 2.24) is 4.37 Å². The van der Waals surface area contributed by atoms with Crippen LogP contribution in [0.3, 0.4) is 0 Å². The van der Waals surface area contributed by atoms with Crippen LogP contribution < -0.4 is 5.32 Å². The molecule has 1 aromatic heterocycles. The number of phenolic OH excluding ortho intramolecular Hbond substituents is 2. The molecule has 5 nitrogen and oxygen atoms in total. The molecule has 1 amide bonds. The molecule has 112 valence electrons. The summed E-state index contributed by atoms with van der Waals surface area (Å²) >= 11 is 0.467. The van der Waals surface area contributed by atoms with E-state index in [1.165, 1.54) is 13.0 Å². The summed E-state index contributed by atoms with van der Waals surface area (Å²) in [6.45, 7) is 1.52. The minimum Gasteiger partial charge on any atom is -0.508 e. The number of carbonyl (C=O) groups is 1. The van der Waals surface area contributed by atoms with E-state index in [0.717, 1.165) is 6.07 Å². The molecule has 2 rings (SSSR count). The zero-order valence-electron chi connectivity index (χ0n) is 10.5. The van der Waals surface area contributed by atoms with Crippen molar-refractivity contribution >= 4 is 22.4 Å². The number of hydrogen-bond acceptors (Lipinski definition) is 5. The first kappa shape index (κ1) is 15.1. The molecule has 0 aliphatic rings. The average molecular weight is 318 g/mol. The molecule has 1 heterocycles. The van der Waals surface area contributed by atoms with E-state index in [0.29, 0.717) is 23.2 Å². The highest BCUT2D eigenvalue weighted by Gasteiger charge is 2.34. The second-order valence-corrected chi connectivity index (χ2v) is 4.99. The minimum absolute atomic E-state index is 0.119. The second-order valence-electron chi connectivity index (χ2n) is 4.18. The predicted octanol–water partition coefficient (Wildman–Crippen LogP) is 3.13. The standard InChI is InChI=1S/C12H9F3N2O3S/c1-5-2-8(19)6(3-7(5)18)11(20)16-10-4-9(17-21-10)12(13,14)15/h2-4,18-19H,1H3,(H,16,20). The van der Waals surface area contributed by atoms with Crippen LogP contribution in [0, 0.1) is 6.92 Å². The number of rotatable bonds is 2. The van der Waals surface area contributed by atoms with E-state index in [4.69, 9.17) is 0 Å². The van der Waals surface area contributed by atoms with Crippen molar-refractivity contribution in [3.63, 3.8) is 0 Å². The fourth-order valence-electron chi connectivity index (χ4n) is 1.51. The Balaban J connectivity index is 2.22. The Labute approximate surface area is 120 Å². The third-order valence-corrected chi connectivity index (χ3v) is 3.30. The number of benzene rings is 1. The van der Waals surface area contributed by atoms with Gasteiger partial charge in [-0.2, -0.15) is 17.5 Å². The summed E-state index contributed by atoms with van der Waals surface area (Å²) < 4.78 is 40.3. The first-order valence-electron chi connectivity index (χ1n) is 5.56. The molecule has 0 saturated carbocycles. The molecule has 21 heavy (non-hydrogen) atoms. The van der Waals surface area contributed by atoms with Gasteiger partial charge in [0.2, 0.25) is 0 Å². The van der Waals surface area contributed by atoms with Crippen molar-refractivity contribution in [3.05, 3.63) is 35.0 Å². The normalized spacial score (nSPS) is 11.4. The molecule has 2 aromatic rings. The van der Waals surface area contributed by atoms with Gasteiger partial charge in [-0.15, -0.1) is 0 Å². The number of aryl methyl sites for hydroxylation is 1. The second kappa shape index (κ2) is 5.24. The van der Waals surface area contributed by atoms with E-state index in [2.05, 4.69) is 9.69 Å². The summed E-state index contributed by atoms with van der Waals surface area (Å²) in [6, 6.07) is 2.90. The van der Waals surface area contributed by atoms with Crippen LogP contribution in [0.4, 0.5) is 18.2 Å². The summed E-state index contributed by atoms with van der Waals surface area (Å²) in [6.07, 6.45) is -4.59. The number of hydrogen-bond donors (Lipinski definition) is 3. The van der Waals surface area contributed by atoms with Crippen LogP contribution in [0.15, 0.2) is 18.2 Å². The lowest BCUT2D eigenvalue weighted by Crippen LogP contribution is -2.11. The van der Waals surface area contributed by atoms with Gasteiger partial charge < -0.3 is 15.5 Å². The number of aromatic nitrogens is 1. The monoisotopic (exact) mass is 318 g/mol. The molecule has 3 N–H and O–H groups in total. The zero-order valence-corrected chi connectivity index (χ0v) is 11.3. The maximum Gasteiger partial charge on any atom is 0.434 e. The van der Waals surface area contributed by atoms with E-state index >= 15 is 0 Å². The number of aromatic hydroxyl groups is 2.